The first kappa shape index (κ1) is 19.2. The van der Waals surface area contributed by atoms with Crippen LogP contribution in [0.2, 0.25) is 0 Å². The number of amides is 1. The fourth-order valence-corrected chi connectivity index (χ4v) is 2.43. The minimum atomic E-state index is -0.471. The van der Waals surface area contributed by atoms with Crippen LogP contribution in [0.1, 0.15) is 17.5 Å². The average molecular weight is 383 g/mol. The first-order valence-electron chi connectivity index (χ1n) is 8.61. The second-order valence-corrected chi connectivity index (χ2v) is 5.75. The van der Waals surface area contributed by atoms with Crippen LogP contribution in [0.15, 0.2) is 65.1 Å². The van der Waals surface area contributed by atoms with Gasteiger partial charge in [0.25, 0.3) is 5.91 Å². The lowest BCUT2D eigenvalue weighted by molar-refractivity contribution is -0.145. The number of carbonyl (C=O) groups excluding carboxylic acids is 2. The number of anilines is 1. The van der Waals surface area contributed by atoms with Gasteiger partial charge in [0.2, 0.25) is 0 Å². The molecule has 3 aromatic rings. The fourth-order valence-electron chi connectivity index (χ4n) is 2.43. The highest BCUT2D eigenvalue weighted by molar-refractivity contribution is 6.02. The predicted octanol–water partition coefficient (Wildman–Crippen LogP) is 4.28. The van der Waals surface area contributed by atoms with Gasteiger partial charge in [-0.25, -0.2) is 9.18 Å². The van der Waals surface area contributed by atoms with E-state index in [1.54, 1.807) is 49.4 Å². The fraction of sp³-hybridized carbons (Fsp3) is 0.143. The molecule has 0 radical (unpaired) electrons. The number of furan rings is 1. The maximum absolute atomic E-state index is 13.0. The minimum Gasteiger partial charge on any atom is -0.482 e. The Kier molecular flexibility index (Phi) is 6.06. The van der Waals surface area contributed by atoms with E-state index in [4.69, 9.17) is 13.9 Å². The van der Waals surface area contributed by atoms with Gasteiger partial charge in [0.1, 0.15) is 17.3 Å². The summed E-state index contributed by atoms with van der Waals surface area (Å²) in [7, 11) is 0. The van der Waals surface area contributed by atoms with Crippen LogP contribution in [0, 0.1) is 5.82 Å². The average Bonchev–Trinajstić information content (AvgIpc) is 3.18. The Morgan fingerprint density at radius 2 is 1.86 bits per heavy atom. The predicted molar refractivity (Wildman–Crippen MR) is 101 cm³/mol. The molecule has 0 aliphatic heterocycles. The number of ether oxygens (including phenoxy) is 2. The van der Waals surface area contributed by atoms with Gasteiger partial charge in [-0.1, -0.05) is 6.07 Å². The Balaban J connectivity index is 1.64. The second kappa shape index (κ2) is 8.85. The third-order valence-corrected chi connectivity index (χ3v) is 3.71. The van der Waals surface area contributed by atoms with E-state index in [1.165, 1.54) is 18.2 Å². The maximum Gasteiger partial charge on any atom is 0.344 e. The summed E-state index contributed by atoms with van der Waals surface area (Å²) in [5, 5.41) is 2.70. The molecule has 2 aromatic carbocycles. The molecular weight excluding hydrogens is 365 g/mol. The smallest absolute Gasteiger partial charge is 0.344 e. The van der Waals surface area contributed by atoms with Crippen molar-refractivity contribution in [3.05, 3.63) is 72.2 Å². The Labute approximate surface area is 160 Å². The van der Waals surface area contributed by atoms with E-state index in [-0.39, 0.29) is 24.8 Å². The van der Waals surface area contributed by atoms with Gasteiger partial charge in [-0.2, -0.15) is 0 Å². The van der Waals surface area contributed by atoms with Gasteiger partial charge >= 0.3 is 5.97 Å². The van der Waals surface area contributed by atoms with Crippen molar-refractivity contribution in [2.45, 2.75) is 6.92 Å². The van der Waals surface area contributed by atoms with Crippen LogP contribution in [0.25, 0.3) is 11.3 Å². The van der Waals surface area contributed by atoms with E-state index < -0.39 is 11.9 Å². The molecule has 0 bridgehead atoms. The van der Waals surface area contributed by atoms with E-state index in [2.05, 4.69) is 5.32 Å². The van der Waals surface area contributed by atoms with Crippen molar-refractivity contribution in [1.82, 2.24) is 0 Å². The number of rotatable bonds is 7. The molecule has 3 rings (SSSR count). The van der Waals surface area contributed by atoms with Gasteiger partial charge in [0, 0.05) is 17.3 Å². The van der Waals surface area contributed by atoms with Crippen molar-refractivity contribution >= 4 is 17.6 Å². The van der Waals surface area contributed by atoms with Crippen molar-refractivity contribution < 1.29 is 27.9 Å². The highest BCUT2D eigenvalue weighted by atomic mass is 19.1. The van der Waals surface area contributed by atoms with Crippen LogP contribution in [0.5, 0.6) is 5.75 Å². The van der Waals surface area contributed by atoms with Gasteiger partial charge in [-0.05, 0) is 55.5 Å². The van der Waals surface area contributed by atoms with Crippen molar-refractivity contribution in [3.63, 3.8) is 0 Å². The summed E-state index contributed by atoms with van der Waals surface area (Å²) in [6.45, 7) is 1.77. The van der Waals surface area contributed by atoms with Gasteiger partial charge in [-0.15, -0.1) is 0 Å². The lowest BCUT2D eigenvalue weighted by atomic mass is 10.2. The molecule has 1 N–H and O–H groups in total. The zero-order valence-corrected chi connectivity index (χ0v) is 15.1. The van der Waals surface area contributed by atoms with E-state index in [1.807, 2.05) is 0 Å². The summed E-state index contributed by atoms with van der Waals surface area (Å²) >= 11 is 0. The molecule has 1 amide bonds. The minimum absolute atomic E-state index is 0.108. The topological polar surface area (TPSA) is 77.8 Å². The van der Waals surface area contributed by atoms with Crippen molar-refractivity contribution in [2.24, 2.45) is 0 Å². The Morgan fingerprint density at radius 1 is 1.07 bits per heavy atom. The van der Waals surface area contributed by atoms with Crippen LogP contribution < -0.4 is 10.1 Å². The van der Waals surface area contributed by atoms with Crippen molar-refractivity contribution in [2.75, 3.05) is 18.5 Å². The van der Waals surface area contributed by atoms with Gasteiger partial charge in [0.15, 0.2) is 12.4 Å². The summed E-state index contributed by atoms with van der Waals surface area (Å²) in [6, 6.07) is 15.6. The molecule has 6 nitrogen and oxygen atoms in total. The molecule has 0 fully saturated rings. The molecule has 144 valence electrons. The van der Waals surface area contributed by atoms with E-state index in [0.717, 1.165) is 0 Å². The van der Waals surface area contributed by atoms with Crippen LogP contribution >= 0.6 is 0 Å². The zero-order chi connectivity index (χ0) is 19.9. The third-order valence-electron chi connectivity index (χ3n) is 3.71. The summed E-state index contributed by atoms with van der Waals surface area (Å²) in [6.07, 6.45) is 0. The Bertz CT molecular complexity index is 965. The zero-order valence-electron chi connectivity index (χ0n) is 15.1. The number of halogens is 1. The van der Waals surface area contributed by atoms with E-state index >= 15 is 0 Å². The lowest BCUT2D eigenvalue weighted by Gasteiger charge is -2.08. The third kappa shape index (κ3) is 4.97. The molecular formula is C21H18FNO5. The Morgan fingerprint density at radius 3 is 2.61 bits per heavy atom. The monoisotopic (exact) mass is 383 g/mol. The number of esters is 1. The maximum atomic E-state index is 13.0. The van der Waals surface area contributed by atoms with Crippen LogP contribution in [0.3, 0.4) is 0 Å². The first-order valence-corrected chi connectivity index (χ1v) is 8.61. The van der Waals surface area contributed by atoms with Crippen LogP contribution in [-0.4, -0.2) is 25.1 Å². The molecule has 1 aromatic heterocycles. The molecule has 0 atom stereocenters. The number of hydrogen-bond acceptors (Lipinski definition) is 5. The molecule has 1 heterocycles. The van der Waals surface area contributed by atoms with Crippen molar-refractivity contribution in [1.29, 1.82) is 0 Å². The number of benzene rings is 2. The molecule has 0 spiro atoms. The lowest BCUT2D eigenvalue weighted by Crippen LogP contribution is -2.15. The second-order valence-electron chi connectivity index (χ2n) is 5.75. The molecule has 28 heavy (non-hydrogen) atoms. The van der Waals surface area contributed by atoms with Crippen LogP contribution in [0.4, 0.5) is 10.1 Å². The number of carbonyl (C=O) groups is 2. The summed E-state index contributed by atoms with van der Waals surface area (Å²) in [5.41, 5.74) is 1.14. The van der Waals surface area contributed by atoms with Gasteiger partial charge in [-0.3, -0.25) is 4.79 Å². The molecule has 0 saturated heterocycles. The SMILES string of the molecule is CCOC(=O)COc1cccc(NC(=O)c2ccc(-c3ccc(F)cc3)o2)c1. The normalized spacial score (nSPS) is 10.4. The summed E-state index contributed by atoms with van der Waals surface area (Å²) < 4.78 is 28.7. The highest BCUT2D eigenvalue weighted by Gasteiger charge is 2.13. The summed E-state index contributed by atoms with van der Waals surface area (Å²) in [4.78, 5) is 23.7. The quantitative estimate of drug-likeness (QED) is 0.616. The highest BCUT2D eigenvalue weighted by Crippen LogP contribution is 2.24. The molecule has 0 saturated carbocycles. The number of nitrogens with one attached hydrogen (secondary N) is 1. The van der Waals surface area contributed by atoms with Gasteiger partial charge < -0.3 is 19.2 Å². The molecule has 0 aliphatic carbocycles. The van der Waals surface area contributed by atoms with E-state index in [9.17, 15) is 14.0 Å². The molecule has 0 unspecified atom stereocenters. The standard InChI is InChI=1S/C21H18FNO5/c1-2-26-20(24)13-27-17-5-3-4-16(12-17)23-21(25)19-11-10-18(28-19)14-6-8-15(22)9-7-14/h3-12H,2,13H2,1H3,(H,23,25). The van der Waals surface area contributed by atoms with Crippen molar-refractivity contribution in [3.8, 4) is 17.1 Å². The molecule has 7 heteroatoms. The largest absolute Gasteiger partial charge is 0.482 e. The van der Waals surface area contributed by atoms with Crippen LogP contribution in [-0.2, 0) is 9.53 Å². The summed E-state index contributed by atoms with van der Waals surface area (Å²) in [5.74, 6) is -0.291. The van der Waals surface area contributed by atoms with Gasteiger partial charge in [0.05, 0.1) is 6.61 Å². The number of hydrogen-bond donors (Lipinski definition) is 1. The Hall–Kier alpha value is -3.61. The first-order chi connectivity index (χ1) is 13.5. The van der Waals surface area contributed by atoms with E-state index in [0.29, 0.717) is 22.8 Å². The molecule has 0 aliphatic rings.